The van der Waals surface area contributed by atoms with Crippen molar-refractivity contribution in [1.82, 2.24) is 4.98 Å². The summed E-state index contributed by atoms with van der Waals surface area (Å²) in [4.78, 5) is 3.27. The summed E-state index contributed by atoms with van der Waals surface area (Å²) in [6, 6.07) is 12.0. The van der Waals surface area contributed by atoms with E-state index in [1.54, 1.807) is 14.2 Å². The molecule has 1 aliphatic heterocycles. The Morgan fingerprint density at radius 3 is 2.42 bits per heavy atom. The highest BCUT2D eigenvalue weighted by atomic mass is 32.2. The predicted octanol–water partition coefficient (Wildman–Crippen LogP) is 3.75. The third-order valence-electron chi connectivity index (χ3n) is 5.10. The number of hydrogen-bond donors (Lipinski definition) is 1. The molecular formula is C20H21NO4S. The van der Waals surface area contributed by atoms with Crippen molar-refractivity contribution in [2.45, 2.75) is 12.3 Å². The Morgan fingerprint density at radius 1 is 1.00 bits per heavy atom. The summed E-state index contributed by atoms with van der Waals surface area (Å²) in [5, 5.41) is 1.08. The minimum Gasteiger partial charge on any atom is -0.493 e. The number of fused-ring (bicyclic) bond motifs is 1. The number of sulfone groups is 1. The summed E-state index contributed by atoms with van der Waals surface area (Å²) < 4.78 is 34.4. The van der Waals surface area contributed by atoms with Crippen molar-refractivity contribution >= 4 is 20.7 Å². The third-order valence-corrected chi connectivity index (χ3v) is 6.87. The van der Waals surface area contributed by atoms with Crippen LogP contribution in [0.5, 0.6) is 11.5 Å². The molecule has 1 atom stereocenters. The summed E-state index contributed by atoms with van der Waals surface area (Å²) in [6.07, 6.45) is 2.64. The van der Waals surface area contributed by atoms with Crippen molar-refractivity contribution in [2.75, 3.05) is 25.7 Å². The first-order chi connectivity index (χ1) is 12.5. The molecule has 1 N–H and O–H groups in total. The fourth-order valence-electron chi connectivity index (χ4n) is 3.72. The van der Waals surface area contributed by atoms with Crippen LogP contribution in [0.4, 0.5) is 0 Å². The maximum Gasteiger partial charge on any atom is 0.161 e. The maximum atomic E-state index is 11.9. The summed E-state index contributed by atoms with van der Waals surface area (Å²) in [5.41, 5.74) is 4.19. The van der Waals surface area contributed by atoms with Crippen LogP contribution in [0.3, 0.4) is 0 Å². The van der Waals surface area contributed by atoms with E-state index >= 15 is 0 Å². The normalized spacial score (nSPS) is 18.9. The van der Waals surface area contributed by atoms with E-state index in [0.717, 1.165) is 27.6 Å². The molecule has 0 aliphatic carbocycles. The largest absolute Gasteiger partial charge is 0.493 e. The van der Waals surface area contributed by atoms with Gasteiger partial charge in [0.15, 0.2) is 21.3 Å². The molecule has 1 fully saturated rings. The van der Waals surface area contributed by atoms with Crippen LogP contribution in [0.15, 0.2) is 42.6 Å². The first kappa shape index (κ1) is 17.0. The van der Waals surface area contributed by atoms with Crippen LogP contribution < -0.4 is 9.47 Å². The number of nitrogens with one attached hydrogen (secondary N) is 1. The number of benzene rings is 2. The van der Waals surface area contributed by atoms with Gasteiger partial charge in [-0.15, -0.1) is 0 Å². The van der Waals surface area contributed by atoms with E-state index in [1.807, 2.05) is 30.5 Å². The molecule has 0 radical (unpaired) electrons. The quantitative estimate of drug-likeness (QED) is 0.758. The Labute approximate surface area is 152 Å². The van der Waals surface area contributed by atoms with Gasteiger partial charge in [-0.2, -0.15) is 0 Å². The van der Waals surface area contributed by atoms with E-state index in [0.29, 0.717) is 17.9 Å². The minimum absolute atomic E-state index is 0.0643. The number of methoxy groups -OCH3 is 2. The van der Waals surface area contributed by atoms with Gasteiger partial charge in [-0.3, -0.25) is 0 Å². The van der Waals surface area contributed by atoms with E-state index in [2.05, 4.69) is 17.1 Å². The standard InChI is InChI=1S/C20H21NO4S/c1-24-19-6-4-14(10-20(19)25-2)13-3-5-18-16(9-13)17(11-21-18)15-7-8-26(22,23)12-15/h3-6,9-11,15,21H,7-8,12H2,1-2H3/t15-/m1/s1. The molecule has 6 heteroatoms. The molecule has 26 heavy (non-hydrogen) atoms. The van der Waals surface area contributed by atoms with Crippen molar-refractivity contribution in [3.05, 3.63) is 48.2 Å². The Kier molecular flexibility index (Phi) is 4.15. The first-order valence-electron chi connectivity index (χ1n) is 8.54. The van der Waals surface area contributed by atoms with Crippen LogP contribution in [0.25, 0.3) is 22.0 Å². The highest BCUT2D eigenvalue weighted by Crippen LogP contribution is 2.37. The van der Waals surface area contributed by atoms with Crippen molar-refractivity contribution in [2.24, 2.45) is 0 Å². The summed E-state index contributed by atoms with van der Waals surface area (Å²) in [5.74, 6) is 1.95. The molecule has 1 aromatic heterocycles. The molecule has 2 aromatic carbocycles. The van der Waals surface area contributed by atoms with Crippen LogP contribution in [-0.4, -0.2) is 39.1 Å². The molecule has 136 valence electrons. The number of aromatic amines is 1. The summed E-state index contributed by atoms with van der Waals surface area (Å²) >= 11 is 0. The second kappa shape index (κ2) is 6.36. The van der Waals surface area contributed by atoms with Gasteiger partial charge >= 0.3 is 0 Å². The van der Waals surface area contributed by atoms with E-state index in [-0.39, 0.29) is 17.4 Å². The maximum absolute atomic E-state index is 11.9. The fraction of sp³-hybridized carbons (Fsp3) is 0.300. The second-order valence-electron chi connectivity index (χ2n) is 6.67. The molecule has 1 saturated heterocycles. The topological polar surface area (TPSA) is 68.4 Å². The highest BCUT2D eigenvalue weighted by Gasteiger charge is 2.30. The molecule has 4 rings (SSSR count). The molecule has 0 saturated carbocycles. The fourth-order valence-corrected chi connectivity index (χ4v) is 5.49. The van der Waals surface area contributed by atoms with Crippen molar-refractivity contribution in [1.29, 1.82) is 0 Å². The molecule has 0 spiro atoms. The predicted molar refractivity (Wildman–Crippen MR) is 103 cm³/mol. The molecule has 5 nitrogen and oxygen atoms in total. The zero-order valence-electron chi connectivity index (χ0n) is 14.8. The zero-order chi connectivity index (χ0) is 18.3. The average Bonchev–Trinajstić information content (AvgIpc) is 3.23. The zero-order valence-corrected chi connectivity index (χ0v) is 15.6. The van der Waals surface area contributed by atoms with Gasteiger partial charge in [0.05, 0.1) is 25.7 Å². The van der Waals surface area contributed by atoms with Gasteiger partial charge in [-0.05, 0) is 47.4 Å². The van der Waals surface area contributed by atoms with Gasteiger partial charge in [-0.25, -0.2) is 8.42 Å². The van der Waals surface area contributed by atoms with Crippen molar-refractivity contribution in [3.63, 3.8) is 0 Å². The summed E-state index contributed by atoms with van der Waals surface area (Å²) in [7, 11) is 0.324. The lowest BCUT2D eigenvalue weighted by Crippen LogP contribution is -2.03. The lowest BCUT2D eigenvalue weighted by molar-refractivity contribution is 0.355. The number of rotatable bonds is 4. The van der Waals surface area contributed by atoms with Gasteiger partial charge in [0, 0.05) is 23.0 Å². The van der Waals surface area contributed by atoms with E-state index < -0.39 is 9.84 Å². The Hall–Kier alpha value is -2.47. The minimum atomic E-state index is -2.91. The van der Waals surface area contributed by atoms with E-state index in [1.165, 1.54) is 0 Å². The molecule has 0 unspecified atom stereocenters. The highest BCUT2D eigenvalue weighted by molar-refractivity contribution is 7.91. The Balaban J connectivity index is 1.77. The van der Waals surface area contributed by atoms with Crippen molar-refractivity contribution in [3.8, 4) is 22.6 Å². The van der Waals surface area contributed by atoms with Gasteiger partial charge in [0.2, 0.25) is 0 Å². The lowest BCUT2D eigenvalue weighted by Gasteiger charge is -2.11. The van der Waals surface area contributed by atoms with Gasteiger partial charge in [0.25, 0.3) is 0 Å². The van der Waals surface area contributed by atoms with E-state index in [4.69, 9.17) is 9.47 Å². The van der Waals surface area contributed by atoms with E-state index in [9.17, 15) is 8.42 Å². The van der Waals surface area contributed by atoms with Crippen LogP contribution in [0.1, 0.15) is 17.9 Å². The van der Waals surface area contributed by atoms with Crippen LogP contribution in [0, 0.1) is 0 Å². The number of H-pyrrole nitrogens is 1. The van der Waals surface area contributed by atoms with Crippen LogP contribution in [0.2, 0.25) is 0 Å². The Bertz CT molecular complexity index is 1070. The van der Waals surface area contributed by atoms with Crippen LogP contribution >= 0.6 is 0 Å². The smallest absolute Gasteiger partial charge is 0.161 e. The number of hydrogen-bond acceptors (Lipinski definition) is 4. The molecule has 2 heterocycles. The monoisotopic (exact) mass is 371 g/mol. The molecular weight excluding hydrogens is 350 g/mol. The molecule has 3 aromatic rings. The van der Waals surface area contributed by atoms with Crippen molar-refractivity contribution < 1.29 is 17.9 Å². The molecule has 1 aliphatic rings. The lowest BCUT2D eigenvalue weighted by atomic mass is 9.96. The summed E-state index contributed by atoms with van der Waals surface area (Å²) in [6.45, 7) is 0. The number of aromatic nitrogens is 1. The van der Waals surface area contributed by atoms with Crippen LogP contribution in [-0.2, 0) is 9.84 Å². The Morgan fingerprint density at radius 2 is 1.73 bits per heavy atom. The molecule has 0 bridgehead atoms. The number of ether oxygens (including phenoxy) is 2. The third kappa shape index (κ3) is 2.94. The molecule has 0 amide bonds. The van der Waals surface area contributed by atoms with Gasteiger partial charge in [0.1, 0.15) is 0 Å². The second-order valence-corrected chi connectivity index (χ2v) is 8.90. The first-order valence-corrected chi connectivity index (χ1v) is 10.4. The average molecular weight is 371 g/mol. The SMILES string of the molecule is COc1ccc(-c2ccc3[nH]cc([C@@H]4CCS(=O)(=O)C4)c3c2)cc1OC. The van der Waals surface area contributed by atoms with Gasteiger partial charge in [-0.1, -0.05) is 12.1 Å². The van der Waals surface area contributed by atoms with Gasteiger partial charge < -0.3 is 14.5 Å².